The maximum atomic E-state index is 11.0. The second kappa shape index (κ2) is 13.5. The van der Waals surface area contributed by atoms with Gasteiger partial charge in [-0.15, -0.1) is 0 Å². The molecule has 0 bridgehead atoms. The van der Waals surface area contributed by atoms with Crippen molar-refractivity contribution in [1.29, 1.82) is 0 Å². The summed E-state index contributed by atoms with van der Waals surface area (Å²) in [6.07, 6.45) is 0.343. The Hall–Kier alpha value is -0.900. The molecule has 0 aliphatic heterocycles. The Morgan fingerprint density at radius 1 is 1.00 bits per heavy atom. The van der Waals surface area contributed by atoms with E-state index in [1.807, 2.05) is 6.92 Å². The Labute approximate surface area is 114 Å². The summed E-state index contributed by atoms with van der Waals surface area (Å²) in [4.78, 5) is 11.0. The molecule has 0 unspecified atom stereocenters. The lowest BCUT2D eigenvalue weighted by atomic mass is 10.5. The molecular formula is C10H22N2O6S. The molecule has 114 valence electrons. The Kier molecular flexibility index (Phi) is 12.9. The van der Waals surface area contributed by atoms with E-state index in [0.717, 1.165) is 6.42 Å². The molecule has 0 spiro atoms. The van der Waals surface area contributed by atoms with Gasteiger partial charge in [-0.05, 0) is 6.42 Å². The van der Waals surface area contributed by atoms with Gasteiger partial charge in [-0.25, -0.2) is 17.9 Å². The van der Waals surface area contributed by atoms with E-state index in [9.17, 15) is 13.2 Å². The molecule has 0 aromatic carbocycles. The molecule has 2 N–H and O–H groups in total. The fourth-order valence-electron chi connectivity index (χ4n) is 1.00. The molecule has 0 aromatic heterocycles. The maximum absolute atomic E-state index is 11.0. The normalized spacial score (nSPS) is 10.6. The van der Waals surface area contributed by atoms with Crippen LogP contribution < -0.4 is 10.0 Å². The number of nitrogens with one attached hydrogen (secondary N) is 2. The second-order valence-electron chi connectivity index (χ2n) is 3.45. The van der Waals surface area contributed by atoms with Crippen molar-refractivity contribution in [2.24, 2.45) is 0 Å². The average Bonchev–Trinajstić information content (AvgIpc) is 2.38. The first-order valence-corrected chi connectivity index (χ1v) is 7.28. The van der Waals surface area contributed by atoms with Crippen LogP contribution >= 0.6 is 0 Å². The van der Waals surface area contributed by atoms with Gasteiger partial charge < -0.3 is 19.5 Å². The van der Waals surface area contributed by atoms with Crippen molar-refractivity contribution in [3.63, 3.8) is 0 Å². The predicted octanol–water partition coefficient (Wildman–Crippen LogP) is -0.728. The van der Waals surface area contributed by atoms with Gasteiger partial charge in [0.05, 0.1) is 33.0 Å². The molecule has 0 radical (unpaired) electrons. The van der Waals surface area contributed by atoms with Gasteiger partial charge in [0.2, 0.25) is 10.9 Å². The van der Waals surface area contributed by atoms with Gasteiger partial charge in [0.25, 0.3) is 0 Å². The molecule has 0 fully saturated rings. The van der Waals surface area contributed by atoms with Crippen molar-refractivity contribution < 1.29 is 27.4 Å². The van der Waals surface area contributed by atoms with E-state index in [0.29, 0.717) is 39.6 Å². The quantitative estimate of drug-likeness (QED) is 0.324. The van der Waals surface area contributed by atoms with Gasteiger partial charge in [0.15, 0.2) is 0 Å². The molecule has 0 saturated carbocycles. The lowest BCUT2D eigenvalue weighted by molar-refractivity contribution is 0.0505. The summed E-state index contributed by atoms with van der Waals surface area (Å²) >= 11 is 0. The molecule has 8 nitrogen and oxygen atoms in total. The van der Waals surface area contributed by atoms with Crippen molar-refractivity contribution >= 4 is 17.0 Å². The summed E-state index contributed by atoms with van der Waals surface area (Å²) in [5, 5.41) is 2.54. The number of carbonyl (C=O) groups excluding carboxylic acids is 1. The van der Waals surface area contributed by atoms with Gasteiger partial charge >= 0.3 is 6.09 Å². The zero-order chi connectivity index (χ0) is 14.3. The lowest BCUT2D eigenvalue weighted by Gasteiger charge is -2.07. The third-order valence-corrected chi connectivity index (χ3v) is 2.29. The summed E-state index contributed by atoms with van der Waals surface area (Å²) in [7, 11) is -2.56. The van der Waals surface area contributed by atoms with E-state index in [1.165, 1.54) is 0 Å². The molecule has 9 heteroatoms. The van der Waals surface area contributed by atoms with Crippen molar-refractivity contribution in [1.82, 2.24) is 10.0 Å². The summed E-state index contributed by atoms with van der Waals surface area (Å²) < 4.78 is 37.5. The minimum atomic E-state index is -2.56. The molecule has 0 aliphatic carbocycles. The van der Waals surface area contributed by atoms with E-state index in [-0.39, 0.29) is 6.54 Å². The third-order valence-electron chi connectivity index (χ3n) is 1.81. The fourth-order valence-corrected chi connectivity index (χ4v) is 1.28. The first kappa shape index (κ1) is 18.1. The molecule has 0 rings (SSSR count). The summed E-state index contributed by atoms with van der Waals surface area (Å²) in [6, 6.07) is 0. The topological polar surface area (TPSA) is 103 Å². The SMILES string of the molecule is CCCOC(=O)NCCOCCOCCN[SH](=O)=O. The molecular weight excluding hydrogens is 276 g/mol. The smallest absolute Gasteiger partial charge is 0.407 e. The number of thiol groups is 1. The lowest BCUT2D eigenvalue weighted by Crippen LogP contribution is -2.28. The standard InChI is InChI=1S/C10H22N2O6S/c1-2-5-18-10(13)11-3-6-16-8-9-17-7-4-12-19(14)15/h19H,2-9H2,1H3,(H,11,13)(H,12,14,15). The van der Waals surface area contributed by atoms with Crippen molar-refractivity contribution in [3.05, 3.63) is 0 Å². The highest BCUT2D eigenvalue weighted by Gasteiger charge is 1.99. The zero-order valence-electron chi connectivity index (χ0n) is 11.1. The van der Waals surface area contributed by atoms with Gasteiger partial charge in [-0.3, -0.25) is 0 Å². The average molecular weight is 298 g/mol. The Bertz CT molecular complexity index is 290. The van der Waals surface area contributed by atoms with Crippen LogP contribution in [0.2, 0.25) is 0 Å². The van der Waals surface area contributed by atoms with Crippen LogP contribution in [0.4, 0.5) is 4.79 Å². The number of amides is 1. The first-order chi connectivity index (χ1) is 9.16. The maximum Gasteiger partial charge on any atom is 0.407 e. The highest BCUT2D eigenvalue weighted by molar-refractivity contribution is 7.70. The molecule has 0 atom stereocenters. The van der Waals surface area contributed by atoms with Crippen molar-refractivity contribution in [2.75, 3.05) is 46.1 Å². The van der Waals surface area contributed by atoms with Gasteiger partial charge in [-0.1, -0.05) is 6.92 Å². The Balaban J connectivity index is 3.12. The van der Waals surface area contributed by atoms with E-state index in [2.05, 4.69) is 10.0 Å². The van der Waals surface area contributed by atoms with Crippen LogP contribution in [0.1, 0.15) is 13.3 Å². The van der Waals surface area contributed by atoms with Crippen LogP contribution in [-0.4, -0.2) is 60.6 Å². The molecule has 0 saturated heterocycles. The second-order valence-corrected chi connectivity index (χ2v) is 4.28. The Morgan fingerprint density at radius 2 is 1.63 bits per heavy atom. The number of carbonyl (C=O) groups is 1. The monoisotopic (exact) mass is 298 g/mol. The van der Waals surface area contributed by atoms with E-state index >= 15 is 0 Å². The minimum absolute atomic E-state index is 0.254. The minimum Gasteiger partial charge on any atom is -0.450 e. The van der Waals surface area contributed by atoms with Crippen LogP contribution in [0.15, 0.2) is 0 Å². The predicted molar refractivity (Wildman–Crippen MR) is 69.6 cm³/mol. The Morgan fingerprint density at radius 3 is 2.21 bits per heavy atom. The van der Waals surface area contributed by atoms with Crippen LogP contribution in [0.3, 0.4) is 0 Å². The molecule has 19 heavy (non-hydrogen) atoms. The number of rotatable bonds is 12. The van der Waals surface area contributed by atoms with E-state index < -0.39 is 17.0 Å². The largest absolute Gasteiger partial charge is 0.450 e. The van der Waals surface area contributed by atoms with Gasteiger partial charge in [0.1, 0.15) is 0 Å². The molecule has 0 aromatic rings. The molecule has 1 amide bonds. The summed E-state index contributed by atoms with van der Waals surface area (Å²) in [5.41, 5.74) is 0. The summed E-state index contributed by atoms with van der Waals surface area (Å²) in [5.74, 6) is 0. The van der Waals surface area contributed by atoms with Crippen molar-refractivity contribution in [3.8, 4) is 0 Å². The highest BCUT2D eigenvalue weighted by atomic mass is 32.2. The fraction of sp³-hybridized carbons (Fsp3) is 0.900. The van der Waals surface area contributed by atoms with Gasteiger partial charge in [-0.2, -0.15) is 0 Å². The van der Waals surface area contributed by atoms with Crippen LogP contribution in [0.25, 0.3) is 0 Å². The van der Waals surface area contributed by atoms with Crippen molar-refractivity contribution in [2.45, 2.75) is 13.3 Å². The zero-order valence-corrected chi connectivity index (χ0v) is 11.9. The van der Waals surface area contributed by atoms with Gasteiger partial charge in [0, 0.05) is 13.1 Å². The van der Waals surface area contributed by atoms with Crippen LogP contribution in [0.5, 0.6) is 0 Å². The molecule has 0 heterocycles. The number of ether oxygens (including phenoxy) is 3. The number of hydrogen-bond donors (Lipinski definition) is 3. The third kappa shape index (κ3) is 15.0. The number of alkyl carbamates (subject to hydrolysis) is 1. The molecule has 0 aliphatic rings. The highest BCUT2D eigenvalue weighted by Crippen LogP contribution is 1.82. The van der Waals surface area contributed by atoms with E-state index in [4.69, 9.17) is 14.2 Å². The van der Waals surface area contributed by atoms with Crippen LogP contribution in [0, 0.1) is 0 Å². The summed E-state index contributed by atoms with van der Waals surface area (Å²) in [6.45, 7) is 4.38. The first-order valence-electron chi connectivity index (χ1n) is 6.10. The van der Waals surface area contributed by atoms with E-state index in [1.54, 1.807) is 0 Å². The number of hydrogen-bond acceptors (Lipinski definition) is 6. The van der Waals surface area contributed by atoms with Crippen LogP contribution in [-0.2, 0) is 25.1 Å².